The van der Waals surface area contributed by atoms with Crippen molar-refractivity contribution in [2.24, 2.45) is 0 Å². The van der Waals surface area contributed by atoms with Gasteiger partial charge in [-0.2, -0.15) is 0 Å². The van der Waals surface area contributed by atoms with Crippen LogP contribution in [-0.4, -0.2) is 17.2 Å². The van der Waals surface area contributed by atoms with Crippen molar-refractivity contribution < 1.29 is 9.53 Å². The van der Waals surface area contributed by atoms with Crippen molar-refractivity contribution in [2.45, 2.75) is 32.9 Å². The number of nitrogens with one attached hydrogen (secondary N) is 2. The minimum Gasteiger partial charge on any atom is -0.459 e. The van der Waals surface area contributed by atoms with Gasteiger partial charge in [0, 0.05) is 5.70 Å². The first-order chi connectivity index (χ1) is 11.5. The fraction of sp³-hybridized carbons (Fsp3) is 0.263. The van der Waals surface area contributed by atoms with Crippen molar-refractivity contribution in [3.63, 3.8) is 0 Å². The molecule has 2 aromatic carbocycles. The molecule has 1 atom stereocenters. The minimum absolute atomic E-state index is 0.177. The number of esters is 1. The van der Waals surface area contributed by atoms with Crippen LogP contribution in [0.15, 0.2) is 53.7 Å². The molecule has 0 bridgehead atoms. The molecular weight excluding hydrogens is 320 g/mol. The number of ether oxygens (including phenoxy) is 1. The third-order valence-electron chi connectivity index (χ3n) is 3.94. The Morgan fingerprint density at radius 2 is 1.88 bits per heavy atom. The summed E-state index contributed by atoms with van der Waals surface area (Å²) in [6, 6.07) is 14.0. The number of carbonyl (C=O) groups excluding carboxylic acids is 1. The standard InChI is InChI=1S/C19H20N2O2S/c1-11(2)23-18(22)16-12(3)20-19(24)21-17(16)15-9-8-13-6-4-5-7-14(13)10-15/h4-11,17H,1-3H3,(H2,20,21,24)/t17-/m0/s1. The van der Waals surface area contributed by atoms with Crippen LogP contribution in [0, 0.1) is 0 Å². The van der Waals surface area contributed by atoms with E-state index in [4.69, 9.17) is 17.0 Å². The lowest BCUT2D eigenvalue weighted by Crippen LogP contribution is -2.45. The molecule has 2 aromatic rings. The summed E-state index contributed by atoms with van der Waals surface area (Å²) in [4.78, 5) is 12.6. The quantitative estimate of drug-likeness (QED) is 0.661. The molecule has 3 rings (SSSR count). The van der Waals surface area contributed by atoms with Crippen LogP contribution in [0.25, 0.3) is 10.8 Å². The maximum absolute atomic E-state index is 12.6. The molecule has 5 heteroatoms. The third-order valence-corrected chi connectivity index (χ3v) is 4.16. The highest BCUT2D eigenvalue weighted by Gasteiger charge is 2.31. The Morgan fingerprint density at radius 1 is 1.17 bits per heavy atom. The van der Waals surface area contributed by atoms with Gasteiger partial charge in [-0.15, -0.1) is 0 Å². The van der Waals surface area contributed by atoms with Crippen molar-refractivity contribution in [3.8, 4) is 0 Å². The highest BCUT2D eigenvalue weighted by Crippen LogP contribution is 2.30. The number of carbonyl (C=O) groups is 1. The van der Waals surface area contributed by atoms with E-state index in [1.165, 1.54) is 0 Å². The van der Waals surface area contributed by atoms with Crippen LogP contribution in [0.3, 0.4) is 0 Å². The van der Waals surface area contributed by atoms with E-state index in [9.17, 15) is 4.79 Å². The highest BCUT2D eigenvalue weighted by molar-refractivity contribution is 7.80. The summed E-state index contributed by atoms with van der Waals surface area (Å²) in [7, 11) is 0. The predicted molar refractivity (Wildman–Crippen MR) is 99.5 cm³/mol. The lowest BCUT2D eigenvalue weighted by Gasteiger charge is -2.30. The molecular formula is C19H20N2O2S. The largest absolute Gasteiger partial charge is 0.459 e. The van der Waals surface area contributed by atoms with Crippen molar-refractivity contribution >= 4 is 34.1 Å². The molecule has 124 valence electrons. The summed E-state index contributed by atoms with van der Waals surface area (Å²) in [5.41, 5.74) is 2.27. The molecule has 0 fully saturated rings. The van der Waals surface area contributed by atoms with Crippen LogP contribution in [-0.2, 0) is 9.53 Å². The zero-order valence-electron chi connectivity index (χ0n) is 13.9. The molecule has 0 saturated carbocycles. The van der Waals surface area contributed by atoms with Crippen LogP contribution >= 0.6 is 12.2 Å². The second kappa shape index (κ2) is 6.61. The van der Waals surface area contributed by atoms with Crippen LogP contribution in [0.1, 0.15) is 32.4 Å². The molecule has 0 aliphatic carbocycles. The predicted octanol–water partition coefficient (Wildman–Crippen LogP) is 3.58. The monoisotopic (exact) mass is 340 g/mol. The Hall–Kier alpha value is -2.40. The Labute approximate surface area is 146 Å². The molecule has 0 radical (unpaired) electrons. The van der Waals surface area contributed by atoms with Gasteiger partial charge in [-0.1, -0.05) is 36.4 Å². The summed E-state index contributed by atoms with van der Waals surface area (Å²) >= 11 is 5.27. The smallest absolute Gasteiger partial charge is 0.338 e. The zero-order valence-corrected chi connectivity index (χ0v) is 14.7. The third kappa shape index (κ3) is 3.26. The Balaban J connectivity index is 2.05. The lowest BCUT2D eigenvalue weighted by molar-refractivity contribution is -0.143. The van der Waals surface area contributed by atoms with Gasteiger partial charge in [-0.3, -0.25) is 0 Å². The van der Waals surface area contributed by atoms with Gasteiger partial charge in [0.2, 0.25) is 0 Å². The fourth-order valence-electron chi connectivity index (χ4n) is 2.88. The topological polar surface area (TPSA) is 50.4 Å². The second-order valence-electron chi connectivity index (χ2n) is 6.13. The summed E-state index contributed by atoms with van der Waals surface area (Å²) in [6.45, 7) is 5.53. The van der Waals surface area contributed by atoms with E-state index in [0.717, 1.165) is 22.0 Å². The molecule has 24 heavy (non-hydrogen) atoms. The summed E-state index contributed by atoms with van der Waals surface area (Å²) < 4.78 is 5.41. The number of allylic oxidation sites excluding steroid dienone is 1. The summed E-state index contributed by atoms with van der Waals surface area (Å²) in [5.74, 6) is -0.330. The van der Waals surface area contributed by atoms with Gasteiger partial charge < -0.3 is 15.4 Å². The van der Waals surface area contributed by atoms with E-state index < -0.39 is 0 Å². The van der Waals surface area contributed by atoms with E-state index in [1.54, 1.807) is 0 Å². The number of benzene rings is 2. The molecule has 0 amide bonds. The van der Waals surface area contributed by atoms with E-state index in [2.05, 4.69) is 34.9 Å². The maximum Gasteiger partial charge on any atom is 0.338 e. The van der Waals surface area contributed by atoms with Gasteiger partial charge in [0.05, 0.1) is 17.7 Å². The van der Waals surface area contributed by atoms with Gasteiger partial charge in [0.25, 0.3) is 0 Å². The number of hydrogen-bond acceptors (Lipinski definition) is 3. The molecule has 1 aliphatic rings. The number of thiocarbonyl (C=S) groups is 1. The van der Waals surface area contributed by atoms with Crippen molar-refractivity contribution in [3.05, 3.63) is 59.3 Å². The molecule has 4 nitrogen and oxygen atoms in total. The maximum atomic E-state index is 12.6. The van der Waals surface area contributed by atoms with Gasteiger partial charge in [-0.25, -0.2) is 4.79 Å². The molecule has 2 N–H and O–H groups in total. The van der Waals surface area contributed by atoms with Gasteiger partial charge in [0.1, 0.15) is 0 Å². The SMILES string of the molecule is CC1=C(C(=O)OC(C)C)[C@H](c2ccc3ccccc3c2)NC(=S)N1. The van der Waals surface area contributed by atoms with E-state index in [1.807, 2.05) is 39.0 Å². The first-order valence-electron chi connectivity index (χ1n) is 7.93. The van der Waals surface area contributed by atoms with E-state index >= 15 is 0 Å². The molecule has 0 aromatic heterocycles. The Bertz CT molecular complexity index is 842. The fourth-order valence-corrected chi connectivity index (χ4v) is 3.15. The van der Waals surface area contributed by atoms with Gasteiger partial charge in [-0.05, 0) is 55.4 Å². The Kier molecular flexibility index (Phi) is 4.53. The van der Waals surface area contributed by atoms with Gasteiger partial charge in [0.15, 0.2) is 5.11 Å². The van der Waals surface area contributed by atoms with E-state index in [0.29, 0.717) is 10.7 Å². The molecule has 0 unspecified atom stereocenters. The first-order valence-corrected chi connectivity index (χ1v) is 8.34. The number of hydrogen-bond donors (Lipinski definition) is 2. The van der Waals surface area contributed by atoms with E-state index in [-0.39, 0.29) is 18.1 Å². The Morgan fingerprint density at radius 3 is 2.58 bits per heavy atom. The van der Waals surface area contributed by atoms with Crippen LogP contribution in [0.5, 0.6) is 0 Å². The first kappa shape index (κ1) is 16.5. The highest BCUT2D eigenvalue weighted by atomic mass is 32.1. The van der Waals surface area contributed by atoms with Crippen molar-refractivity contribution in [2.75, 3.05) is 0 Å². The molecule has 1 heterocycles. The lowest BCUT2D eigenvalue weighted by atomic mass is 9.94. The van der Waals surface area contributed by atoms with Crippen LogP contribution in [0.2, 0.25) is 0 Å². The van der Waals surface area contributed by atoms with Gasteiger partial charge >= 0.3 is 5.97 Å². The average molecular weight is 340 g/mol. The summed E-state index contributed by atoms with van der Waals surface area (Å²) in [6.07, 6.45) is -0.177. The number of rotatable bonds is 3. The van der Waals surface area contributed by atoms with Crippen molar-refractivity contribution in [1.82, 2.24) is 10.6 Å². The summed E-state index contributed by atoms with van der Waals surface area (Å²) in [5, 5.41) is 9.00. The zero-order chi connectivity index (χ0) is 17.3. The molecule has 1 aliphatic heterocycles. The minimum atomic E-state index is -0.330. The number of fused-ring (bicyclic) bond motifs is 1. The molecule has 0 saturated heterocycles. The second-order valence-corrected chi connectivity index (χ2v) is 6.54. The molecule has 0 spiro atoms. The van der Waals surface area contributed by atoms with Crippen LogP contribution < -0.4 is 10.6 Å². The van der Waals surface area contributed by atoms with Crippen molar-refractivity contribution in [1.29, 1.82) is 0 Å². The van der Waals surface area contributed by atoms with Crippen LogP contribution in [0.4, 0.5) is 0 Å². The normalized spacial score (nSPS) is 17.7. The average Bonchev–Trinajstić information content (AvgIpc) is 2.52.